The quantitative estimate of drug-likeness (QED) is 0.848. The van der Waals surface area contributed by atoms with Gasteiger partial charge >= 0.3 is 0 Å². The van der Waals surface area contributed by atoms with Crippen molar-refractivity contribution in [2.24, 2.45) is 5.92 Å². The fraction of sp³-hybridized carbons (Fsp3) is 0.571. The fourth-order valence-corrected chi connectivity index (χ4v) is 2.16. The highest BCUT2D eigenvalue weighted by molar-refractivity contribution is 5.26. The van der Waals surface area contributed by atoms with E-state index in [4.69, 9.17) is 4.74 Å². The average Bonchev–Trinajstić information content (AvgIpc) is 2.30. The molecule has 2 heteroatoms. The largest absolute Gasteiger partial charge is 0.493 e. The van der Waals surface area contributed by atoms with Gasteiger partial charge in [-0.05, 0) is 50.7 Å². The SMILES string of the molecule is Cc1ccc(OC[C@H]2CC[C@H](O)CC2)cc1. The van der Waals surface area contributed by atoms with Crippen LogP contribution in [0.4, 0.5) is 0 Å². The van der Waals surface area contributed by atoms with Crippen molar-refractivity contribution in [3.8, 4) is 5.75 Å². The molecule has 0 saturated heterocycles. The van der Waals surface area contributed by atoms with Gasteiger partial charge in [-0.25, -0.2) is 0 Å². The molecule has 1 saturated carbocycles. The van der Waals surface area contributed by atoms with Crippen LogP contribution in [0.15, 0.2) is 24.3 Å². The van der Waals surface area contributed by atoms with Crippen LogP contribution in [0.3, 0.4) is 0 Å². The van der Waals surface area contributed by atoms with Crippen LogP contribution in [0, 0.1) is 12.8 Å². The van der Waals surface area contributed by atoms with Gasteiger partial charge in [0.05, 0.1) is 12.7 Å². The Morgan fingerprint density at radius 1 is 1.12 bits per heavy atom. The Labute approximate surface area is 97.3 Å². The molecular weight excluding hydrogens is 200 g/mol. The average molecular weight is 220 g/mol. The molecule has 16 heavy (non-hydrogen) atoms. The minimum atomic E-state index is -0.0735. The summed E-state index contributed by atoms with van der Waals surface area (Å²) in [5, 5.41) is 9.40. The first-order valence-electron chi connectivity index (χ1n) is 6.11. The molecule has 0 bridgehead atoms. The smallest absolute Gasteiger partial charge is 0.119 e. The lowest BCUT2D eigenvalue weighted by Crippen LogP contribution is -2.22. The molecule has 0 aromatic heterocycles. The summed E-state index contributed by atoms with van der Waals surface area (Å²) in [7, 11) is 0. The van der Waals surface area contributed by atoms with Crippen molar-refractivity contribution in [2.45, 2.75) is 38.7 Å². The van der Waals surface area contributed by atoms with Gasteiger partial charge in [0, 0.05) is 0 Å². The van der Waals surface area contributed by atoms with Crippen LogP contribution < -0.4 is 4.74 Å². The molecule has 1 aliphatic rings. The van der Waals surface area contributed by atoms with Crippen molar-refractivity contribution in [1.82, 2.24) is 0 Å². The number of aliphatic hydroxyl groups excluding tert-OH is 1. The second-order valence-corrected chi connectivity index (χ2v) is 4.80. The number of benzene rings is 1. The van der Waals surface area contributed by atoms with Crippen LogP contribution in [-0.2, 0) is 0 Å². The second-order valence-electron chi connectivity index (χ2n) is 4.80. The second kappa shape index (κ2) is 5.35. The van der Waals surface area contributed by atoms with Crippen molar-refractivity contribution in [3.63, 3.8) is 0 Å². The van der Waals surface area contributed by atoms with E-state index in [1.54, 1.807) is 0 Å². The number of hydrogen-bond donors (Lipinski definition) is 1. The summed E-state index contributed by atoms with van der Waals surface area (Å²) in [5.74, 6) is 1.57. The van der Waals surface area contributed by atoms with Crippen molar-refractivity contribution < 1.29 is 9.84 Å². The van der Waals surface area contributed by atoms with Gasteiger partial charge < -0.3 is 9.84 Å². The Bertz CT molecular complexity index is 310. The fourth-order valence-electron chi connectivity index (χ4n) is 2.16. The molecule has 88 valence electrons. The molecule has 2 nitrogen and oxygen atoms in total. The summed E-state index contributed by atoms with van der Waals surface area (Å²) < 4.78 is 5.75. The van der Waals surface area contributed by atoms with E-state index in [1.807, 2.05) is 12.1 Å². The van der Waals surface area contributed by atoms with Gasteiger partial charge in [-0.1, -0.05) is 17.7 Å². The van der Waals surface area contributed by atoms with Crippen LogP contribution in [0.25, 0.3) is 0 Å². The van der Waals surface area contributed by atoms with Crippen LogP contribution >= 0.6 is 0 Å². The van der Waals surface area contributed by atoms with E-state index in [9.17, 15) is 5.11 Å². The maximum atomic E-state index is 9.40. The van der Waals surface area contributed by atoms with Gasteiger partial charge in [0.25, 0.3) is 0 Å². The molecule has 2 rings (SSSR count). The van der Waals surface area contributed by atoms with Gasteiger partial charge in [-0.15, -0.1) is 0 Å². The molecule has 1 aliphatic carbocycles. The lowest BCUT2D eigenvalue weighted by molar-refractivity contribution is 0.0917. The Balaban J connectivity index is 1.77. The van der Waals surface area contributed by atoms with Gasteiger partial charge in [0.1, 0.15) is 5.75 Å². The standard InChI is InChI=1S/C14H20O2/c1-11-2-8-14(9-3-11)16-10-12-4-6-13(15)7-5-12/h2-3,8-9,12-13,15H,4-7,10H2,1H3/t12-,13-. The summed E-state index contributed by atoms with van der Waals surface area (Å²) in [4.78, 5) is 0. The molecule has 0 aliphatic heterocycles. The number of rotatable bonds is 3. The third kappa shape index (κ3) is 3.24. The van der Waals surface area contributed by atoms with Crippen molar-refractivity contribution in [2.75, 3.05) is 6.61 Å². The maximum absolute atomic E-state index is 9.40. The minimum Gasteiger partial charge on any atom is -0.493 e. The van der Waals surface area contributed by atoms with Crippen LogP contribution in [0.1, 0.15) is 31.2 Å². The lowest BCUT2D eigenvalue weighted by Gasteiger charge is -2.25. The first-order chi connectivity index (χ1) is 7.74. The highest BCUT2D eigenvalue weighted by atomic mass is 16.5. The predicted octanol–water partition coefficient (Wildman–Crippen LogP) is 2.92. The van der Waals surface area contributed by atoms with E-state index in [-0.39, 0.29) is 6.10 Å². The van der Waals surface area contributed by atoms with E-state index in [0.717, 1.165) is 38.0 Å². The molecular formula is C14H20O2. The maximum Gasteiger partial charge on any atom is 0.119 e. The molecule has 1 fully saturated rings. The summed E-state index contributed by atoms with van der Waals surface area (Å²) in [6.07, 6.45) is 3.97. The topological polar surface area (TPSA) is 29.5 Å². The van der Waals surface area contributed by atoms with E-state index in [2.05, 4.69) is 19.1 Å². The Morgan fingerprint density at radius 3 is 2.38 bits per heavy atom. The Kier molecular flexibility index (Phi) is 3.83. The molecule has 0 atom stereocenters. The lowest BCUT2D eigenvalue weighted by atomic mass is 9.88. The Morgan fingerprint density at radius 2 is 1.75 bits per heavy atom. The van der Waals surface area contributed by atoms with Gasteiger partial charge in [0.15, 0.2) is 0 Å². The summed E-state index contributed by atoms with van der Waals surface area (Å²) >= 11 is 0. The first-order valence-corrected chi connectivity index (χ1v) is 6.11. The van der Waals surface area contributed by atoms with Gasteiger partial charge in [-0.3, -0.25) is 0 Å². The molecule has 0 spiro atoms. The molecule has 1 aromatic rings. The molecule has 1 N–H and O–H groups in total. The molecule has 0 amide bonds. The normalized spacial score (nSPS) is 25.4. The van der Waals surface area contributed by atoms with Crippen molar-refractivity contribution in [1.29, 1.82) is 0 Å². The monoisotopic (exact) mass is 220 g/mol. The van der Waals surface area contributed by atoms with Gasteiger partial charge in [-0.2, -0.15) is 0 Å². The Hall–Kier alpha value is -1.02. The van der Waals surface area contributed by atoms with Crippen molar-refractivity contribution >= 4 is 0 Å². The van der Waals surface area contributed by atoms with Crippen LogP contribution in [0.5, 0.6) is 5.75 Å². The molecule has 1 aromatic carbocycles. The third-order valence-electron chi connectivity index (χ3n) is 3.32. The van der Waals surface area contributed by atoms with E-state index in [0.29, 0.717) is 5.92 Å². The molecule has 0 unspecified atom stereocenters. The predicted molar refractivity (Wildman–Crippen MR) is 64.6 cm³/mol. The summed E-state index contributed by atoms with van der Waals surface area (Å²) in [6.45, 7) is 2.86. The number of aryl methyl sites for hydroxylation is 1. The van der Waals surface area contributed by atoms with Gasteiger partial charge in [0.2, 0.25) is 0 Å². The number of aliphatic hydroxyl groups is 1. The van der Waals surface area contributed by atoms with E-state index in [1.165, 1.54) is 5.56 Å². The molecule has 0 radical (unpaired) electrons. The van der Waals surface area contributed by atoms with E-state index >= 15 is 0 Å². The number of ether oxygens (including phenoxy) is 1. The summed E-state index contributed by atoms with van der Waals surface area (Å²) in [5.41, 5.74) is 1.26. The zero-order valence-corrected chi connectivity index (χ0v) is 9.86. The first kappa shape index (κ1) is 11.5. The summed E-state index contributed by atoms with van der Waals surface area (Å²) in [6, 6.07) is 8.18. The minimum absolute atomic E-state index is 0.0735. The molecule has 0 heterocycles. The van der Waals surface area contributed by atoms with Crippen LogP contribution in [0.2, 0.25) is 0 Å². The van der Waals surface area contributed by atoms with E-state index < -0.39 is 0 Å². The van der Waals surface area contributed by atoms with Crippen molar-refractivity contribution in [3.05, 3.63) is 29.8 Å². The highest BCUT2D eigenvalue weighted by Crippen LogP contribution is 2.25. The zero-order chi connectivity index (χ0) is 11.4. The highest BCUT2D eigenvalue weighted by Gasteiger charge is 2.19. The third-order valence-corrected chi connectivity index (χ3v) is 3.32. The zero-order valence-electron chi connectivity index (χ0n) is 9.86. The number of hydrogen-bond acceptors (Lipinski definition) is 2. The van der Waals surface area contributed by atoms with Crippen LogP contribution in [-0.4, -0.2) is 17.8 Å².